The van der Waals surface area contributed by atoms with Crippen molar-refractivity contribution in [1.82, 2.24) is 14.6 Å². The van der Waals surface area contributed by atoms with E-state index in [2.05, 4.69) is 10.1 Å². The number of aliphatic hydroxyl groups excluding tert-OH is 2. The average molecular weight is 282 g/mol. The summed E-state index contributed by atoms with van der Waals surface area (Å²) in [5, 5.41) is 23.4. The van der Waals surface area contributed by atoms with Crippen molar-refractivity contribution in [3.8, 4) is 0 Å². The number of ether oxygens (including phenoxy) is 1. The summed E-state index contributed by atoms with van der Waals surface area (Å²) < 4.78 is 21.5. The molecule has 1 fully saturated rings. The van der Waals surface area contributed by atoms with Gasteiger partial charge in [-0.1, -0.05) is 0 Å². The molecule has 1 aliphatic heterocycles. The molecule has 0 aliphatic carbocycles. The van der Waals surface area contributed by atoms with Crippen molar-refractivity contribution >= 4 is 11.3 Å². The third-order valence-electron chi connectivity index (χ3n) is 3.67. The molecule has 1 unspecified atom stereocenters. The summed E-state index contributed by atoms with van der Waals surface area (Å²) >= 11 is 0. The molecule has 0 saturated carbocycles. The van der Waals surface area contributed by atoms with Gasteiger partial charge in [0.2, 0.25) is 0 Å². The normalized spacial score (nSPS) is 34.5. The number of anilines is 1. The summed E-state index contributed by atoms with van der Waals surface area (Å²) in [5.41, 5.74) is 4.51. The van der Waals surface area contributed by atoms with Crippen LogP contribution in [0.4, 0.5) is 10.2 Å². The molecule has 0 aromatic carbocycles. The van der Waals surface area contributed by atoms with Gasteiger partial charge in [-0.05, 0) is 19.1 Å². The van der Waals surface area contributed by atoms with Gasteiger partial charge in [0.1, 0.15) is 30.2 Å². The first kappa shape index (κ1) is 13.2. The Hall–Kier alpha value is -1.77. The average Bonchev–Trinajstić information content (AvgIpc) is 2.82. The highest BCUT2D eigenvalue weighted by atomic mass is 19.1. The molecule has 20 heavy (non-hydrogen) atoms. The Kier molecular flexibility index (Phi) is 2.89. The highest BCUT2D eigenvalue weighted by Gasteiger charge is 2.51. The summed E-state index contributed by atoms with van der Waals surface area (Å²) in [4.78, 5) is 3.85. The number of halogens is 1. The second-order valence-corrected chi connectivity index (χ2v) is 5.08. The smallest absolute Gasteiger partial charge is 0.168 e. The van der Waals surface area contributed by atoms with Gasteiger partial charge in [0.15, 0.2) is 11.5 Å². The number of hydrogen-bond acceptors (Lipinski definition) is 6. The monoisotopic (exact) mass is 282 g/mol. The quantitative estimate of drug-likeness (QED) is 0.670. The van der Waals surface area contributed by atoms with Crippen LogP contribution in [0.15, 0.2) is 18.5 Å². The largest absolute Gasteiger partial charge is 0.388 e. The van der Waals surface area contributed by atoms with E-state index < -0.39 is 24.0 Å². The first-order valence-corrected chi connectivity index (χ1v) is 6.17. The lowest BCUT2D eigenvalue weighted by Crippen LogP contribution is -2.54. The molecule has 3 heterocycles. The zero-order valence-corrected chi connectivity index (χ0v) is 10.8. The van der Waals surface area contributed by atoms with Crippen molar-refractivity contribution in [1.29, 1.82) is 0 Å². The molecule has 1 saturated heterocycles. The molecule has 3 rings (SSSR count). The van der Waals surface area contributed by atoms with Gasteiger partial charge in [0.05, 0.1) is 12.3 Å². The summed E-state index contributed by atoms with van der Waals surface area (Å²) in [6, 6.07) is 3.27. The van der Waals surface area contributed by atoms with Gasteiger partial charge in [-0.2, -0.15) is 5.10 Å². The second kappa shape index (κ2) is 4.37. The molecule has 4 atom stereocenters. The van der Waals surface area contributed by atoms with E-state index in [0.29, 0.717) is 11.2 Å². The van der Waals surface area contributed by atoms with Crippen LogP contribution in [-0.4, -0.2) is 49.3 Å². The fraction of sp³-hybridized carbons (Fsp3) is 0.500. The first-order chi connectivity index (χ1) is 9.43. The molecule has 2 aromatic heterocycles. The van der Waals surface area contributed by atoms with E-state index in [1.165, 1.54) is 17.8 Å². The van der Waals surface area contributed by atoms with Crippen LogP contribution in [0, 0.1) is 0 Å². The maximum absolute atomic E-state index is 14.7. The number of aromatic nitrogens is 3. The fourth-order valence-electron chi connectivity index (χ4n) is 2.53. The molecule has 0 spiro atoms. The van der Waals surface area contributed by atoms with Gasteiger partial charge < -0.3 is 20.7 Å². The third-order valence-corrected chi connectivity index (χ3v) is 3.67. The van der Waals surface area contributed by atoms with E-state index in [0.717, 1.165) is 0 Å². The van der Waals surface area contributed by atoms with E-state index in [-0.39, 0.29) is 12.4 Å². The summed E-state index contributed by atoms with van der Waals surface area (Å²) in [5.74, 6) is 0.267. The number of nitrogens with zero attached hydrogens (tertiary/aromatic N) is 3. The van der Waals surface area contributed by atoms with E-state index in [9.17, 15) is 14.6 Å². The number of nitrogen functional groups attached to an aromatic ring is 1. The standard InChI is InChI=1S/C12H15FN4O3/c1-12(13)9(19)8(18)4-20-10(12)6-2-3-7-11(14)15-5-16-17(6)7/h2-3,5,8-10,18-19H,4H2,1H3,(H2,14,15,16)/t8-,9?,10-,12+/m0/s1. The second-order valence-electron chi connectivity index (χ2n) is 5.08. The maximum atomic E-state index is 14.7. The highest BCUT2D eigenvalue weighted by Crippen LogP contribution is 2.40. The van der Waals surface area contributed by atoms with Crippen molar-refractivity contribution in [2.24, 2.45) is 0 Å². The molecule has 0 bridgehead atoms. The Labute approximate surface area is 113 Å². The molecular weight excluding hydrogens is 267 g/mol. The van der Waals surface area contributed by atoms with Gasteiger partial charge in [-0.15, -0.1) is 0 Å². The molecule has 8 heteroatoms. The van der Waals surface area contributed by atoms with Gasteiger partial charge in [-0.3, -0.25) is 0 Å². The van der Waals surface area contributed by atoms with Crippen LogP contribution in [0.2, 0.25) is 0 Å². The lowest BCUT2D eigenvalue weighted by molar-refractivity contribution is -0.209. The molecular formula is C12H15FN4O3. The van der Waals surface area contributed by atoms with Gasteiger partial charge >= 0.3 is 0 Å². The number of alkyl halides is 1. The Balaban J connectivity index is 2.09. The van der Waals surface area contributed by atoms with E-state index in [1.807, 2.05) is 0 Å². The van der Waals surface area contributed by atoms with Crippen LogP contribution >= 0.6 is 0 Å². The lowest BCUT2D eigenvalue weighted by Gasteiger charge is -2.40. The Morgan fingerprint density at radius 3 is 3.00 bits per heavy atom. The van der Waals surface area contributed by atoms with Gasteiger partial charge in [-0.25, -0.2) is 13.9 Å². The minimum Gasteiger partial charge on any atom is -0.388 e. The number of fused-ring (bicyclic) bond motifs is 1. The van der Waals surface area contributed by atoms with Gasteiger partial charge in [0.25, 0.3) is 0 Å². The minimum atomic E-state index is -2.15. The zero-order valence-electron chi connectivity index (χ0n) is 10.8. The van der Waals surface area contributed by atoms with Crippen LogP contribution in [0.25, 0.3) is 5.52 Å². The number of aliphatic hydroxyl groups is 2. The van der Waals surface area contributed by atoms with E-state index in [1.54, 1.807) is 12.1 Å². The maximum Gasteiger partial charge on any atom is 0.168 e. The molecule has 2 aromatic rings. The Morgan fingerprint density at radius 1 is 1.50 bits per heavy atom. The highest BCUT2D eigenvalue weighted by molar-refractivity contribution is 5.65. The van der Waals surface area contributed by atoms with Crippen molar-refractivity contribution < 1.29 is 19.3 Å². The summed E-state index contributed by atoms with van der Waals surface area (Å²) in [7, 11) is 0. The van der Waals surface area contributed by atoms with Crippen molar-refractivity contribution in [3.05, 3.63) is 24.2 Å². The van der Waals surface area contributed by atoms with Crippen molar-refractivity contribution in [3.63, 3.8) is 0 Å². The predicted molar refractivity (Wildman–Crippen MR) is 67.6 cm³/mol. The summed E-state index contributed by atoms with van der Waals surface area (Å²) in [6.45, 7) is 1.04. The lowest BCUT2D eigenvalue weighted by atomic mass is 9.87. The van der Waals surface area contributed by atoms with Crippen molar-refractivity contribution in [2.75, 3.05) is 12.3 Å². The molecule has 4 N–H and O–H groups in total. The fourth-order valence-corrected chi connectivity index (χ4v) is 2.53. The van der Waals surface area contributed by atoms with E-state index in [4.69, 9.17) is 10.5 Å². The number of nitrogens with two attached hydrogens (primary N) is 1. The topological polar surface area (TPSA) is 106 Å². The molecule has 7 nitrogen and oxygen atoms in total. The molecule has 1 aliphatic rings. The van der Waals surface area contributed by atoms with Crippen LogP contribution in [0.5, 0.6) is 0 Å². The predicted octanol–water partition coefficient (Wildman–Crippen LogP) is -0.167. The minimum absolute atomic E-state index is 0.154. The number of hydrogen-bond donors (Lipinski definition) is 3. The molecule has 0 radical (unpaired) electrons. The molecule has 108 valence electrons. The number of rotatable bonds is 1. The van der Waals surface area contributed by atoms with Gasteiger partial charge in [0, 0.05) is 0 Å². The third kappa shape index (κ3) is 1.76. The van der Waals surface area contributed by atoms with Crippen LogP contribution in [-0.2, 0) is 4.74 Å². The SMILES string of the molecule is C[C@@]1(F)C(O)[C@@H](O)CO[C@H]1c1ccc2c(N)ncnn12. The van der Waals surface area contributed by atoms with E-state index >= 15 is 0 Å². The molecule has 0 amide bonds. The van der Waals surface area contributed by atoms with Crippen LogP contribution < -0.4 is 5.73 Å². The zero-order chi connectivity index (χ0) is 14.5. The summed E-state index contributed by atoms with van der Waals surface area (Å²) in [6.07, 6.45) is -2.59. The van der Waals surface area contributed by atoms with Crippen LogP contribution in [0.3, 0.4) is 0 Å². The Bertz CT molecular complexity index is 645. The first-order valence-electron chi connectivity index (χ1n) is 6.17. The van der Waals surface area contributed by atoms with Crippen LogP contribution in [0.1, 0.15) is 18.7 Å². The van der Waals surface area contributed by atoms with Crippen molar-refractivity contribution in [2.45, 2.75) is 30.9 Å². The Morgan fingerprint density at radius 2 is 2.25 bits per heavy atom.